The maximum Gasteiger partial charge on any atom is 0.345 e. The van der Waals surface area contributed by atoms with Gasteiger partial charge in [0.15, 0.2) is 6.61 Å². The molecule has 0 aliphatic carbocycles. The molecule has 7 nitrogen and oxygen atoms in total. The average molecular weight is 372 g/mol. The molecule has 0 bridgehead atoms. The zero-order chi connectivity index (χ0) is 20.1. The number of nitrogens with zero attached hydrogens (tertiary/aromatic N) is 2. The Morgan fingerprint density at radius 2 is 1.85 bits per heavy atom. The van der Waals surface area contributed by atoms with Crippen molar-refractivity contribution < 1.29 is 19.2 Å². The minimum absolute atomic E-state index is 0.169. The van der Waals surface area contributed by atoms with Gasteiger partial charge in [-0.1, -0.05) is 26.0 Å². The third kappa shape index (κ3) is 4.81. The average Bonchev–Trinajstić information content (AvgIpc) is 2.91. The molecule has 1 heterocycles. The highest BCUT2D eigenvalue weighted by Gasteiger charge is 2.22. The lowest BCUT2D eigenvalue weighted by molar-refractivity contribution is -0.385. The lowest BCUT2D eigenvalue weighted by atomic mass is 10.1. The first kappa shape index (κ1) is 20.4. The minimum Gasteiger partial charge on any atom is -0.454 e. The van der Waals surface area contributed by atoms with Crippen LogP contribution in [0.5, 0.6) is 0 Å². The largest absolute Gasteiger partial charge is 0.454 e. The summed E-state index contributed by atoms with van der Waals surface area (Å²) in [4.78, 5) is 35.0. The van der Waals surface area contributed by atoms with Gasteiger partial charge in [-0.25, -0.2) is 4.79 Å². The summed E-state index contributed by atoms with van der Waals surface area (Å²) in [5.41, 5.74) is 1.80. The van der Waals surface area contributed by atoms with Gasteiger partial charge >= 0.3 is 5.97 Å². The molecule has 27 heavy (non-hydrogen) atoms. The van der Waals surface area contributed by atoms with Gasteiger partial charge in [-0.05, 0) is 38.3 Å². The number of hydrogen-bond acceptors (Lipinski definition) is 5. The Balaban J connectivity index is 2.09. The van der Waals surface area contributed by atoms with Crippen molar-refractivity contribution in [2.75, 3.05) is 6.61 Å². The second kappa shape index (κ2) is 8.62. The number of Topliss-reactive ketones (excluding diaryl/α,β-unsaturated/α-hetero) is 1. The van der Waals surface area contributed by atoms with Crippen LogP contribution in [0.15, 0.2) is 30.3 Å². The Kier molecular flexibility index (Phi) is 6.50. The summed E-state index contributed by atoms with van der Waals surface area (Å²) in [6, 6.07) is 7.29. The molecule has 0 N–H and O–H groups in total. The molecule has 0 amide bonds. The summed E-state index contributed by atoms with van der Waals surface area (Å²) < 4.78 is 7.12. The number of para-hydroxylation sites is 1. The van der Waals surface area contributed by atoms with Gasteiger partial charge in [0, 0.05) is 29.6 Å². The third-order valence-corrected chi connectivity index (χ3v) is 4.46. The molecule has 0 fully saturated rings. The molecule has 0 aliphatic heterocycles. The normalized spacial score (nSPS) is 10.9. The second-order valence-corrected chi connectivity index (χ2v) is 6.89. The number of aryl methyl sites for hydroxylation is 1. The van der Waals surface area contributed by atoms with Gasteiger partial charge in [-0.3, -0.25) is 14.9 Å². The summed E-state index contributed by atoms with van der Waals surface area (Å²) in [6.45, 7) is 8.44. The van der Waals surface area contributed by atoms with Gasteiger partial charge < -0.3 is 9.30 Å². The Hall–Kier alpha value is -2.96. The summed E-state index contributed by atoms with van der Waals surface area (Å²) >= 11 is 0. The molecular formula is C20H24N2O5. The van der Waals surface area contributed by atoms with Crippen molar-refractivity contribution >= 4 is 17.4 Å². The number of aromatic nitrogens is 1. The predicted molar refractivity (Wildman–Crippen MR) is 101 cm³/mol. The number of carbonyl (C=O) groups is 2. The summed E-state index contributed by atoms with van der Waals surface area (Å²) in [6.07, 6.45) is 0.997. The zero-order valence-corrected chi connectivity index (χ0v) is 16.0. The molecule has 1 aromatic heterocycles. The van der Waals surface area contributed by atoms with Crippen molar-refractivity contribution in [1.82, 2.24) is 4.57 Å². The molecule has 0 radical (unpaired) electrons. The standard InChI is InChI=1S/C20H24N2O5/c1-13(2)9-10-21-14(3)11-17(15(21)4)19(23)12-27-20(24)16-7-5-6-8-18(16)22(25)26/h5-8,11,13H,9-10,12H2,1-4H3. The fourth-order valence-electron chi connectivity index (χ4n) is 2.91. The highest BCUT2D eigenvalue weighted by molar-refractivity contribution is 6.01. The Labute approximate surface area is 158 Å². The fraction of sp³-hybridized carbons (Fsp3) is 0.400. The molecule has 2 rings (SSSR count). The predicted octanol–water partition coefficient (Wildman–Crippen LogP) is 4.10. The van der Waals surface area contributed by atoms with Crippen LogP contribution in [-0.4, -0.2) is 27.8 Å². The van der Waals surface area contributed by atoms with Crippen molar-refractivity contribution in [2.24, 2.45) is 5.92 Å². The number of benzene rings is 1. The van der Waals surface area contributed by atoms with E-state index >= 15 is 0 Å². The maximum absolute atomic E-state index is 12.5. The number of esters is 1. The molecule has 0 saturated heterocycles. The van der Waals surface area contributed by atoms with Crippen molar-refractivity contribution in [2.45, 2.75) is 40.7 Å². The molecule has 0 aliphatic rings. The van der Waals surface area contributed by atoms with Crippen LogP contribution in [0.4, 0.5) is 5.69 Å². The van der Waals surface area contributed by atoms with E-state index in [0.717, 1.165) is 24.4 Å². The number of ether oxygens (including phenoxy) is 1. The zero-order valence-electron chi connectivity index (χ0n) is 16.0. The number of nitro groups is 1. The van der Waals surface area contributed by atoms with E-state index < -0.39 is 17.5 Å². The summed E-state index contributed by atoms with van der Waals surface area (Å²) in [5, 5.41) is 11.0. The van der Waals surface area contributed by atoms with Crippen LogP contribution in [0.3, 0.4) is 0 Å². The van der Waals surface area contributed by atoms with E-state index in [9.17, 15) is 19.7 Å². The summed E-state index contributed by atoms with van der Waals surface area (Å²) in [7, 11) is 0. The molecule has 0 atom stereocenters. The van der Waals surface area contributed by atoms with Gasteiger partial charge in [0.1, 0.15) is 5.56 Å². The van der Waals surface area contributed by atoms with Crippen LogP contribution in [0, 0.1) is 29.9 Å². The molecular weight excluding hydrogens is 348 g/mol. The number of hydrogen-bond donors (Lipinski definition) is 0. The van der Waals surface area contributed by atoms with Crippen LogP contribution in [-0.2, 0) is 11.3 Å². The van der Waals surface area contributed by atoms with Crippen molar-refractivity contribution in [1.29, 1.82) is 0 Å². The lowest BCUT2D eigenvalue weighted by Crippen LogP contribution is -2.16. The quantitative estimate of drug-likeness (QED) is 0.301. The van der Waals surface area contributed by atoms with E-state index in [4.69, 9.17) is 4.74 Å². The van der Waals surface area contributed by atoms with Crippen LogP contribution in [0.25, 0.3) is 0 Å². The van der Waals surface area contributed by atoms with Crippen LogP contribution >= 0.6 is 0 Å². The molecule has 1 aromatic carbocycles. The molecule has 0 saturated carbocycles. The van der Waals surface area contributed by atoms with E-state index in [0.29, 0.717) is 11.5 Å². The molecule has 0 unspecified atom stereocenters. The molecule has 0 spiro atoms. The van der Waals surface area contributed by atoms with Crippen molar-refractivity contribution in [3.63, 3.8) is 0 Å². The first-order valence-electron chi connectivity index (χ1n) is 8.82. The topological polar surface area (TPSA) is 91.4 Å². The Morgan fingerprint density at radius 3 is 2.48 bits per heavy atom. The highest BCUT2D eigenvalue weighted by atomic mass is 16.6. The molecule has 7 heteroatoms. The van der Waals surface area contributed by atoms with Crippen LogP contribution in [0.2, 0.25) is 0 Å². The first-order valence-corrected chi connectivity index (χ1v) is 8.82. The van der Waals surface area contributed by atoms with Gasteiger partial charge in [0.2, 0.25) is 5.78 Å². The van der Waals surface area contributed by atoms with E-state index in [1.807, 2.05) is 13.8 Å². The maximum atomic E-state index is 12.5. The SMILES string of the molecule is Cc1cc(C(=O)COC(=O)c2ccccc2[N+](=O)[O-])c(C)n1CCC(C)C. The van der Waals surface area contributed by atoms with E-state index in [-0.39, 0.29) is 17.0 Å². The van der Waals surface area contributed by atoms with E-state index in [2.05, 4.69) is 18.4 Å². The number of ketones is 1. The highest BCUT2D eigenvalue weighted by Crippen LogP contribution is 2.20. The van der Waals surface area contributed by atoms with Crippen LogP contribution in [0.1, 0.15) is 52.4 Å². The van der Waals surface area contributed by atoms with Gasteiger partial charge in [0.25, 0.3) is 5.69 Å². The lowest BCUT2D eigenvalue weighted by Gasteiger charge is -2.11. The first-order chi connectivity index (χ1) is 12.7. The van der Waals surface area contributed by atoms with Crippen molar-refractivity contribution in [3.8, 4) is 0 Å². The Morgan fingerprint density at radius 1 is 1.19 bits per heavy atom. The smallest absolute Gasteiger partial charge is 0.345 e. The monoisotopic (exact) mass is 372 g/mol. The Bertz CT molecular complexity index is 867. The number of rotatable bonds is 8. The number of nitro benzene ring substituents is 1. The minimum atomic E-state index is -0.885. The summed E-state index contributed by atoms with van der Waals surface area (Å²) in [5.74, 6) is -0.664. The van der Waals surface area contributed by atoms with E-state index in [1.165, 1.54) is 24.3 Å². The van der Waals surface area contributed by atoms with E-state index in [1.54, 1.807) is 6.07 Å². The third-order valence-electron chi connectivity index (χ3n) is 4.46. The van der Waals surface area contributed by atoms with Gasteiger partial charge in [0.05, 0.1) is 4.92 Å². The second-order valence-electron chi connectivity index (χ2n) is 6.89. The molecule has 2 aromatic rings. The van der Waals surface area contributed by atoms with Crippen LogP contribution < -0.4 is 0 Å². The van der Waals surface area contributed by atoms with Crippen molar-refractivity contribution in [3.05, 3.63) is 63.0 Å². The van der Waals surface area contributed by atoms with Gasteiger partial charge in [-0.15, -0.1) is 0 Å². The molecule has 144 valence electrons. The number of carbonyl (C=O) groups excluding carboxylic acids is 2. The van der Waals surface area contributed by atoms with Gasteiger partial charge in [-0.2, -0.15) is 0 Å². The fourth-order valence-corrected chi connectivity index (χ4v) is 2.91.